The number of nitrogens with two attached hydrogens (primary N) is 1. The lowest BCUT2D eigenvalue weighted by Gasteiger charge is -2.14. The highest BCUT2D eigenvalue weighted by Gasteiger charge is 2.08. The molecule has 108 valence electrons. The molecule has 0 heterocycles. The van der Waals surface area contributed by atoms with Crippen LogP contribution in [-0.4, -0.2) is 33.5 Å². The number of halogens is 1. The Hall–Kier alpha value is -0.620. The molecule has 5 heteroatoms. The second-order valence-electron chi connectivity index (χ2n) is 4.28. The average Bonchev–Trinajstić information content (AvgIpc) is 2.37. The summed E-state index contributed by atoms with van der Waals surface area (Å²) in [7, 11) is 1.69. The highest BCUT2D eigenvalue weighted by Crippen LogP contribution is 2.27. The van der Waals surface area contributed by atoms with Gasteiger partial charge in [0.15, 0.2) is 0 Å². The molecule has 1 aromatic rings. The van der Waals surface area contributed by atoms with Gasteiger partial charge in [0.25, 0.3) is 0 Å². The molecule has 4 nitrogen and oxygen atoms in total. The zero-order valence-corrected chi connectivity index (χ0v) is 13.1. The zero-order valence-electron chi connectivity index (χ0n) is 11.5. The van der Waals surface area contributed by atoms with Crippen molar-refractivity contribution in [3.8, 4) is 5.75 Å². The van der Waals surface area contributed by atoms with Crippen molar-refractivity contribution in [1.29, 1.82) is 0 Å². The Kier molecular flexibility index (Phi) is 8.05. The van der Waals surface area contributed by atoms with Gasteiger partial charge in [0.05, 0.1) is 6.61 Å². The number of hydrogen-bond acceptors (Lipinski definition) is 4. The van der Waals surface area contributed by atoms with Crippen LogP contribution in [-0.2, 0) is 9.47 Å². The Morgan fingerprint density at radius 3 is 2.68 bits per heavy atom. The lowest BCUT2D eigenvalue weighted by atomic mass is 10.1. The normalized spacial score (nSPS) is 12.4. The first-order valence-corrected chi connectivity index (χ1v) is 7.19. The third-order valence-corrected chi connectivity index (χ3v) is 3.08. The predicted molar refractivity (Wildman–Crippen MR) is 79.6 cm³/mol. The van der Waals surface area contributed by atoms with Gasteiger partial charge in [-0.2, -0.15) is 0 Å². The van der Waals surface area contributed by atoms with Crippen molar-refractivity contribution in [2.75, 3.05) is 33.5 Å². The lowest BCUT2D eigenvalue weighted by Crippen LogP contribution is -2.12. The minimum atomic E-state index is -0.0503. The highest BCUT2D eigenvalue weighted by atomic mass is 79.9. The van der Waals surface area contributed by atoms with Gasteiger partial charge in [-0.1, -0.05) is 22.0 Å². The second-order valence-corrected chi connectivity index (χ2v) is 5.19. The molecule has 0 aliphatic heterocycles. The van der Waals surface area contributed by atoms with E-state index >= 15 is 0 Å². The Labute approximate surface area is 123 Å². The summed E-state index contributed by atoms with van der Waals surface area (Å²) < 4.78 is 17.1. The molecule has 1 aromatic carbocycles. The molecule has 0 bridgehead atoms. The van der Waals surface area contributed by atoms with Gasteiger partial charge in [-0.3, -0.25) is 0 Å². The van der Waals surface area contributed by atoms with E-state index in [1.165, 1.54) is 0 Å². The van der Waals surface area contributed by atoms with Crippen LogP contribution in [0.4, 0.5) is 0 Å². The first-order valence-electron chi connectivity index (χ1n) is 6.39. The van der Waals surface area contributed by atoms with Gasteiger partial charge in [-0.25, -0.2) is 0 Å². The van der Waals surface area contributed by atoms with E-state index in [9.17, 15) is 0 Å². The van der Waals surface area contributed by atoms with Gasteiger partial charge in [-0.05, 0) is 25.5 Å². The van der Waals surface area contributed by atoms with Crippen LogP contribution in [0.3, 0.4) is 0 Å². The number of benzene rings is 1. The smallest absolute Gasteiger partial charge is 0.125 e. The molecule has 0 aromatic heterocycles. The van der Waals surface area contributed by atoms with E-state index < -0.39 is 0 Å². The average molecular weight is 332 g/mol. The quantitative estimate of drug-likeness (QED) is 0.707. The maximum Gasteiger partial charge on any atom is 0.125 e. The van der Waals surface area contributed by atoms with E-state index in [1.54, 1.807) is 7.11 Å². The fraction of sp³-hybridized carbons (Fsp3) is 0.571. The molecule has 0 radical (unpaired) electrons. The fourth-order valence-corrected chi connectivity index (χ4v) is 1.97. The maximum atomic E-state index is 5.91. The minimum absolute atomic E-state index is 0.0503. The standard InChI is InChI=1S/C14H22BrNO3/c1-11(16)13-5-4-12(15)10-14(13)19-9-8-18-7-3-6-17-2/h4-5,10-11H,3,6-9,16H2,1-2H3/t11-/m0/s1. The van der Waals surface area contributed by atoms with Gasteiger partial charge in [-0.15, -0.1) is 0 Å². The summed E-state index contributed by atoms with van der Waals surface area (Å²) in [5, 5.41) is 0. The molecule has 0 saturated carbocycles. The van der Waals surface area contributed by atoms with Gasteiger partial charge in [0.1, 0.15) is 12.4 Å². The summed E-state index contributed by atoms with van der Waals surface area (Å²) in [6.45, 7) is 4.44. The van der Waals surface area contributed by atoms with Crippen LogP contribution < -0.4 is 10.5 Å². The Balaban J connectivity index is 2.34. The van der Waals surface area contributed by atoms with Crippen molar-refractivity contribution in [1.82, 2.24) is 0 Å². The van der Waals surface area contributed by atoms with Crippen LogP contribution in [0.5, 0.6) is 5.75 Å². The minimum Gasteiger partial charge on any atom is -0.491 e. The van der Waals surface area contributed by atoms with Crippen molar-refractivity contribution < 1.29 is 14.2 Å². The van der Waals surface area contributed by atoms with E-state index in [0.29, 0.717) is 19.8 Å². The molecule has 2 N–H and O–H groups in total. The van der Waals surface area contributed by atoms with Crippen LogP contribution in [0.2, 0.25) is 0 Å². The molecule has 1 atom stereocenters. The summed E-state index contributed by atoms with van der Waals surface area (Å²) in [6, 6.07) is 5.82. The third kappa shape index (κ3) is 6.38. The van der Waals surface area contributed by atoms with Crippen molar-refractivity contribution in [3.63, 3.8) is 0 Å². The number of ether oxygens (including phenoxy) is 3. The van der Waals surface area contributed by atoms with Crippen molar-refractivity contribution in [3.05, 3.63) is 28.2 Å². The largest absolute Gasteiger partial charge is 0.491 e. The van der Waals surface area contributed by atoms with Gasteiger partial charge in [0.2, 0.25) is 0 Å². The molecular formula is C14H22BrNO3. The van der Waals surface area contributed by atoms with Crippen LogP contribution in [0.25, 0.3) is 0 Å². The van der Waals surface area contributed by atoms with Crippen LogP contribution in [0.15, 0.2) is 22.7 Å². The molecule has 19 heavy (non-hydrogen) atoms. The van der Waals surface area contributed by atoms with Crippen LogP contribution in [0.1, 0.15) is 24.9 Å². The van der Waals surface area contributed by atoms with E-state index in [0.717, 1.165) is 28.8 Å². The van der Waals surface area contributed by atoms with Crippen molar-refractivity contribution >= 4 is 15.9 Å². The SMILES string of the molecule is COCCCOCCOc1cc(Br)ccc1[C@H](C)N. The summed E-state index contributed by atoms with van der Waals surface area (Å²) in [6.07, 6.45) is 0.901. The predicted octanol–water partition coefficient (Wildman–Crippen LogP) is 2.90. The highest BCUT2D eigenvalue weighted by molar-refractivity contribution is 9.10. The van der Waals surface area contributed by atoms with Crippen LogP contribution in [0, 0.1) is 0 Å². The van der Waals surface area contributed by atoms with Gasteiger partial charge >= 0.3 is 0 Å². The summed E-state index contributed by atoms with van der Waals surface area (Å²) in [5.74, 6) is 0.810. The third-order valence-electron chi connectivity index (χ3n) is 2.59. The molecule has 0 aliphatic rings. The zero-order chi connectivity index (χ0) is 14.1. The van der Waals surface area contributed by atoms with Gasteiger partial charge < -0.3 is 19.9 Å². The van der Waals surface area contributed by atoms with E-state index in [4.69, 9.17) is 19.9 Å². The number of hydrogen-bond donors (Lipinski definition) is 1. The maximum absolute atomic E-state index is 5.91. The van der Waals surface area contributed by atoms with E-state index in [1.807, 2.05) is 25.1 Å². The molecule has 0 amide bonds. The fourth-order valence-electron chi connectivity index (χ4n) is 1.63. The topological polar surface area (TPSA) is 53.7 Å². The molecule has 0 fully saturated rings. The van der Waals surface area contributed by atoms with E-state index in [-0.39, 0.29) is 6.04 Å². The first kappa shape index (κ1) is 16.4. The summed E-state index contributed by atoms with van der Waals surface area (Å²) in [4.78, 5) is 0. The van der Waals surface area contributed by atoms with Crippen LogP contribution >= 0.6 is 15.9 Å². The molecular weight excluding hydrogens is 310 g/mol. The Morgan fingerprint density at radius 2 is 2.00 bits per heavy atom. The molecule has 1 rings (SSSR count). The summed E-state index contributed by atoms with van der Waals surface area (Å²) in [5.41, 5.74) is 6.91. The summed E-state index contributed by atoms with van der Waals surface area (Å²) >= 11 is 3.43. The monoisotopic (exact) mass is 331 g/mol. The van der Waals surface area contributed by atoms with Crippen molar-refractivity contribution in [2.45, 2.75) is 19.4 Å². The molecule has 0 saturated heterocycles. The first-order chi connectivity index (χ1) is 9.15. The molecule has 0 spiro atoms. The van der Waals surface area contributed by atoms with E-state index in [2.05, 4.69) is 15.9 Å². The Bertz CT molecular complexity index is 372. The van der Waals surface area contributed by atoms with Gasteiger partial charge in [0, 0.05) is 36.4 Å². The van der Waals surface area contributed by atoms with Crippen molar-refractivity contribution in [2.24, 2.45) is 5.73 Å². The number of rotatable bonds is 9. The molecule has 0 unspecified atom stereocenters. The lowest BCUT2D eigenvalue weighted by molar-refractivity contribution is 0.0803. The Morgan fingerprint density at radius 1 is 1.21 bits per heavy atom. The second kappa shape index (κ2) is 9.31. The molecule has 0 aliphatic carbocycles. The number of methoxy groups -OCH3 is 1.